The Labute approximate surface area is 122 Å². The summed E-state index contributed by atoms with van der Waals surface area (Å²) in [6.45, 7) is 6.32. The van der Waals surface area contributed by atoms with Crippen LogP contribution in [-0.4, -0.2) is 38.5 Å². The summed E-state index contributed by atoms with van der Waals surface area (Å²) in [4.78, 5) is 4.04. The minimum Gasteiger partial charge on any atom is -0.370 e. The van der Waals surface area contributed by atoms with Crippen LogP contribution in [0.2, 0.25) is 0 Å². The summed E-state index contributed by atoms with van der Waals surface area (Å²) >= 11 is 0. The smallest absolute Gasteiger partial charge is 0.188 e. The van der Waals surface area contributed by atoms with Gasteiger partial charge in [-0.25, -0.2) is 8.42 Å². The lowest BCUT2D eigenvalue weighted by Crippen LogP contribution is -2.38. The third-order valence-electron chi connectivity index (χ3n) is 2.47. The zero-order chi connectivity index (χ0) is 12.8. The SMILES string of the molecule is CCCCNC(N)=NCC(C)(C)S(C)(=O)=O.I. The second kappa shape index (κ2) is 8.12. The van der Waals surface area contributed by atoms with Crippen molar-refractivity contribution in [3.8, 4) is 0 Å². The lowest BCUT2D eigenvalue weighted by molar-refractivity contribution is 0.555. The Morgan fingerprint density at radius 3 is 2.35 bits per heavy atom. The van der Waals surface area contributed by atoms with E-state index in [1.807, 2.05) is 0 Å². The number of rotatable bonds is 6. The summed E-state index contributed by atoms with van der Waals surface area (Å²) in [7, 11) is -3.11. The van der Waals surface area contributed by atoms with E-state index < -0.39 is 14.6 Å². The molecule has 104 valence electrons. The van der Waals surface area contributed by atoms with Crippen LogP contribution in [0.3, 0.4) is 0 Å². The van der Waals surface area contributed by atoms with Crippen LogP contribution in [0.15, 0.2) is 4.99 Å². The molecule has 0 aliphatic rings. The van der Waals surface area contributed by atoms with Crippen molar-refractivity contribution < 1.29 is 8.42 Å². The van der Waals surface area contributed by atoms with E-state index in [9.17, 15) is 8.42 Å². The van der Waals surface area contributed by atoms with Gasteiger partial charge in [-0.1, -0.05) is 13.3 Å². The van der Waals surface area contributed by atoms with E-state index in [-0.39, 0.29) is 30.5 Å². The van der Waals surface area contributed by atoms with Gasteiger partial charge in [0.2, 0.25) is 0 Å². The Balaban J connectivity index is 0. The Kier molecular flexibility index (Phi) is 9.22. The maximum atomic E-state index is 11.4. The van der Waals surface area contributed by atoms with Crippen molar-refractivity contribution in [1.29, 1.82) is 0 Å². The monoisotopic (exact) mass is 377 g/mol. The number of nitrogens with one attached hydrogen (secondary N) is 1. The number of aliphatic imine (C=N–C) groups is 1. The molecule has 0 saturated heterocycles. The summed E-state index contributed by atoms with van der Waals surface area (Å²) in [5.74, 6) is 0.310. The van der Waals surface area contributed by atoms with Crippen LogP contribution in [0, 0.1) is 0 Å². The first-order chi connectivity index (χ1) is 7.20. The summed E-state index contributed by atoms with van der Waals surface area (Å²) in [5, 5.41) is 2.94. The van der Waals surface area contributed by atoms with E-state index >= 15 is 0 Å². The molecule has 0 atom stereocenters. The zero-order valence-corrected chi connectivity index (χ0v) is 14.1. The van der Waals surface area contributed by atoms with Crippen molar-refractivity contribution in [2.75, 3.05) is 19.3 Å². The molecule has 0 saturated carbocycles. The number of guanidine groups is 1. The van der Waals surface area contributed by atoms with Gasteiger partial charge in [0.1, 0.15) is 0 Å². The molecule has 0 radical (unpaired) electrons. The normalized spacial score (nSPS) is 13.1. The second-order valence-electron chi connectivity index (χ2n) is 4.51. The van der Waals surface area contributed by atoms with Gasteiger partial charge in [0.05, 0.1) is 11.3 Å². The van der Waals surface area contributed by atoms with Crippen molar-refractivity contribution in [2.24, 2.45) is 10.7 Å². The van der Waals surface area contributed by atoms with Gasteiger partial charge in [-0.05, 0) is 20.3 Å². The highest BCUT2D eigenvalue weighted by atomic mass is 127. The molecular formula is C10H24IN3O2S. The first kappa shape index (κ1) is 19.3. The summed E-state index contributed by atoms with van der Waals surface area (Å²) in [5.41, 5.74) is 5.61. The Hall–Kier alpha value is -0.0500. The van der Waals surface area contributed by atoms with Crippen LogP contribution < -0.4 is 11.1 Å². The van der Waals surface area contributed by atoms with E-state index in [1.165, 1.54) is 6.26 Å². The molecule has 5 nitrogen and oxygen atoms in total. The molecule has 0 spiro atoms. The summed E-state index contributed by atoms with van der Waals surface area (Å²) in [6, 6.07) is 0. The van der Waals surface area contributed by atoms with E-state index in [1.54, 1.807) is 13.8 Å². The van der Waals surface area contributed by atoms with Crippen LogP contribution in [0.1, 0.15) is 33.6 Å². The van der Waals surface area contributed by atoms with E-state index in [2.05, 4.69) is 17.2 Å². The van der Waals surface area contributed by atoms with Crippen molar-refractivity contribution in [1.82, 2.24) is 5.32 Å². The van der Waals surface area contributed by atoms with Crippen LogP contribution in [0.4, 0.5) is 0 Å². The number of sulfone groups is 1. The molecule has 0 aromatic rings. The standard InChI is InChI=1S/C10H23N3O2S.HI/c1-5-6-7-12-9(11)13-8-10(2,3)16(4,14)15;/h5-8H2,1-4H3,(H3,11,12,13);1H. The van der Waals surface area contributed by atoms with Gasteiger partial charge in [-0.3, -0.25) is 4.99 Å². The molecule has 7 heteroatoms. The fourth-order valence-electron chi connectivity index (χ4n) is 0.842. The molecule has 0 unspecified atom stereocenters. The van der Waals surface area contributed by atoms with Crippen LogP contribution >= 0.6 is 24.0 Å². The molecule has 0 fully saturated rings. The van der Waals surface area contributed by atoms with Gasteiger partial charge in [-0.2, -0.15) is 0 Å². The van der Waals surface area contributed by atoms with Gasteiger partial charge >= 0.3 is 0 Å². The van der Waals surface area contributed by atoms with E-state index in [0.717, 1.165) is 19.4 Å². The quantitative estimate of drug-likeness (QED) is 0.315. The molecule has 3 N–H and O–H groups in total. The molecule has 0 aliphatic carbocycles. The Morgan fingerprint density at radius 2 is 1.94 bits per heavy atom. The number of halogens is 1. The van der Waals surface area contributed by atoms with Gasteiger partial charge in [0, 0.05) is 12.8 Å². The molecule has 17 heavy (non-hydrogen) atoms. The topological polar surface area (TPSA) is 84.5 Å². The van der Waals surface area contributed by atoms with Gasteiger partial charge in [0.25, 0.3) is 0 Å². The van der Waals surface area contributed by atoms with Crippen LogP contribution in [0.25, 0.3) is 0 Å². The van der Waals surface area contributed by atoms with Gasteiger partial charge in [0.15, 0.2) is 15.8 Å². The van der Waals surface area contributed by atoms with Gasteiger partial charge < -0.3 is 11.1 Å². The van der Waals surface area contributed by atoms with Crippen LogP contribution in [-0.2, 0) is 9.84 Å². The molecule has 0 aliphatic heterocycles. The fraction of sp³-hybridized carbons (Fsp3) is 0.900. The second-order valence-corrected chi connectivity index (χ2v) is 7.16. The molecule has 0 heterocycles. The van der Waals surface area contributed by atoms with Crippen molar-refractivity contribution in [2.45, 2.75) is 38.4 Å². The highest BCUT2D eigenvalue weighted by molar-refractivity contribution is 14.0. The largest absolute Gasteiger partial charge is 0.370 e. The minimum atomic E-state index is -3.11. The molecule has 0 bridgehead atoms. The molecule has 0 aromatic carbocycles. The first-order valence-corrected chi connectivity index (χ1v) is 7.33. The maximum absolute atomic E-state index is 11.4. The molecule has 0 amide bonds. The first-order valence-electron chi connectivity index (χ1n) is 5.44. The third kappa shape index (κ3) is 7.80. The summed E-state index contributed by atoms with van der Waals surface area (Å²) in [6.07, 6.45) is 3.31. The summed E-state index contributed by atoms with van der Waals surface area (Å²) < 4.78 is 21.9. The fourth-order valence-corrected chi connectivity index (χ4v) is 1.14. The predicted molar refractivity (Wildman–Crippen MR) is 83.7 cm³/mol. The number of unbranched alkanes of at least 4 members (excludes halogenated alkanes) is 1. The van der Waals surface area contributed by atoms with Gasteiger partial charge in [-0.15, -0.1) is 24.0 Å². The van der Waals surface area contributed by atoms with Crippen LogP contribution in [0.5, 0.6) is 0 Å². The number of hydrogen-bond donors (Lipinski definition) is 2. The van der Waals surface area contributed by atoms with E-state index in [4.69, 9.17) is 5.73 Å². The lowest BCUT2D eigenvalue weighted by atomic mass is 10.2. The minimum absolute atomic E-state index is 0. The molecular weight excluding hydrogens is 353 g/mol. The average molecular weight is 377 g/mol. The average Bonchev–Trinajstić information content (AvgIpc) is 2.13. The highest BCUT2D eigenvalue weighted by Gasteiger charge is 2.29. The predicted octanol–water partition coefficient (Wildman–Crippen LogP) is 1.13. The molecule has 0 aromatic heterocycles. The number of nitrogens with two attached hydrogens (primary N) is 1. The van der Waals surface area contributed by atoms with Crippen molar-refractivity contribution in [3.63, 3.8) is 0 Å². The lowest BCUT2D eigenvalue weighted by Gasteiger charge is -2.20. The third-order valence-corrected chi connectivity index (χ3v) is 4.61. The van der Waals surface area contributed by atoms with E-state index in [0.29, 0.717) is 5.96 Å². The Bertz CT molecular complexity index is 339. The zero-order valence-electron chi connectivity index (χ0n) is 11.0. The Morgan fingerprint density at radius 1 is 1.41 bits per heavy atom. The number of hydrogen-bond acceptors (Lipinski definition) is 3. The van der Waals surface area contributed by atoms with Crippen molar-refractivity contribution >= 4 is 39.8 Å². The maximum Gasteiger partial charge on any atom is 0.188 e. The van der Waals surface area contributed by atoms with Crippen molar-refractivity contribution in [3.05, 3.63) is 0 Å². The highest BCUT2D eigenvalue weighted by Crippen LogP contribution is 2.14. The number of nitrogens with zero attached hydrogens (tertiary/aromatic N) is 1. The molecule has 0 rings (SSSR count).